The molecule has 0 amide bonds. The lowest BCUT2D eigenvalue weighted by atomic mass is 9.99. The van der Waals surface area contributed by atoms with E-state index in [1.54, 1.807) is 0 Å². The summed E-state index contributed by atoms with van der Waals surface area (Å²) in [4.78, 5) is 0. The fourth-order valence-corrected chi connectivity index (χ4v) is 1.81. The molecule has 0 aliphatic heterocycles. The summed E-state index contributed by atoms with van der Waals surface area (Å²) in [5.41, 5.74) is 8.05. The van der Waals surface area contributed by atoms with Gasteiger partial charge >= 0.3 is 0 Å². The van der Waals surface area contributed by atoms with Gasteiger partial charge in [-0.05, 0) is 28.8 Å². The van der Waals surface area contributed by atoms with Crippen LogP contribution in [0.25, 0.3) is 16.8 Å². The molecule has 0 bridgehead atoms. The molecule has 2 N–H and O–H groups in total. The Morgan fingerprint density at radius 2 is 1.93 bits per heavy atom. The predicted octanol–water partition coefficient (Wildman–Crippen LogP) is 3.12. The molecule has 1 heteroatoms. The Balaban J connectivity index is 2.68. The van der Waals surface area contributed by atoms with Crippen LogP contribution in [0.5, 0.6) is 0 Å². The fourth-order valence-electron chi connectivity index (χ4n) is 1.81. The molecule has 0 heterocycles. The van der Waals surface area contributed by atoms with E-state index in [1.165, 1.54) is 21.9 Å². The molecule has 2 aromatic rings. The van der Waals surface area contributed by atoms with Gasteiger partial charge in [0.15, 0.2) is 0 Å². The molecular weight excluding hydrogens is 182 g/mol. The van der Waals surface area contributed by atoms with E-state index in [4.69, 9.17) is 5.73 Å². The second kappa shape index (κ2) is 4.28. The third-order valence-electron chi connectivity index (χ3n) is 2.61. The first-order valence-corrected chi connectivity index (χ1v) is 5.18. The van der Waals surface area contributed by atoms with Crippen molar-refractivity contribution in [2.45, 2.75) is 6.92 Å². The highest BCUT2D eigenvalue weighted by Crippen LogP contribution is 2.23. The number of benzene rings is 2. The molecular formula is C14H15N. The lowest BCUT2D eigenvalue weighted by Crippen LogP contribution is -1.92. The SMILES string of the molecule is Cc1ccc2ccccc2c1C=CCN. The summed E-state index contributed by atoms with van der Waals surface area (Å²) in [6.07, 6.45) is 4.10. The maximum absolute atomic E-state index is 5.48. The summed E-state index contributed by atoms with van der Waals surface area (Å²) in [5, 5.41) is 2.57. The van der Waals surface area contributed by atoms with Gasteiger partial charge in [-0.1, -0.05) is 48.6 Å². The molecule has 2 rings (SSSR count). The van der Waals surface area contributed by atoms with E-state index in [0.29, 0.717) is 6.54 Å². The molecule has 0 unspecified atom stereocenters. The first-order chi connectivity index (χ1) is 7.33. The van der Waals surface area contributed by atoms with E-state index in [2.05, 4.69) is 49.4 Å². The van der Waals surface area contributed by atoms with Crippen molar-refractivity contribution in [1.29, 1.82) is 0 Å². The molecule has 0 saturated carbocycles. The van der Waals surface area contributed by atoms with Crippen LogP contribution in [0, 0.1) is 6.92 Å². The molecule has 0 saturated heterocycles. The van der Waals surface area contributed by atoms with Crippen LogP contribution < -0.4 is 5.73 Å². The van der Waals surface area contributed by atoms with Crippen molar-refractivity contribution < 1.29 is 0 Å². The molecule has 0 spiro atoms. The number of nitrogens with two attached hydrogens (primary N) is 1. The zero-order valence-electron chi connectivity index (χ0n) is 8.90. The van der Waals surface area contributed by atoms with Crippen molar-refractivity contribution in [1.82, 2.24) is 0 Å². The van der Waals surface area contributed by atoms with Crippen LogP contribution >= 0.6 is 0 Å². The molecule has 0 aromatic heterocycles. The fraction of sp³-hybridized carbons (Fsp3) is 0.143. The second-order valence-electron chi connectivity index (χ2n) is 3.66. The topological polar surface area (TPSA) is 26.0 Å². The monoisotopic (exact) mass is 197 g/mol. The van der Waals surface area contributed by atoms with Gasteiger partial charge in [0, 0.05) is 6.54 Å². The average molecular weight is 197 g/mol. The minimum absolute atomic E-state index is 0.586. The van der Waals surface area contributed by atoms with E-state index in [1.807, 2.05) is 6.08 Å². The summed E-state index contributed by atoms with van der Waals surface area (Å²) in [7, 11) is 0. The van der Waals surface area contributed by atoms with Gasteiger partial charge in [-0.25, -0.2) is 0 Å². The normalized spacial score (nSPS) is 11.3. The van der Waals surface area contributed by atoms with Gasteiger partial charge < -0.3 is 5.73 Å². The van der Waals surface area contributed by atoms with E-state index >= 15 is 0 Å². The number of hydrogen-bond donors (Lipinski definition) is 1. The van der Waals surface area contributed by atoms with Crippen LogP contribution in [0.3, 0.4) is 0 Å². The molecule has 15 heavy (non-hydrogen) atoms. The number of fused-ring (bicyclic) bond motifs is 1. The molecule has 1 nitrogen and oxygen atoms in total. The minimum Gasteiger partial charge on any atom is -0.327 e. The standard InChI is InChI=1S/C14H15N/c1-11-8-9-12-5-2-3-6-14(12)13(11)7-4-10-15/h2-9H,10,15H2,1H3. The van der Waals surface area contributed by atoms with Gasteiger partial charge in [0.1, 0.15) is 0 Å². The zero-order valence-corrected chi connectivity index (χ0v) is 8.90. The summed E-state index contributed by atoms with van der Waals surface area (Å²) >= 11 is 0. The highest BCUT2D eigenvalue weighted by Gasteiger charge is 2.00. The van der Waals surface area contributed by atoms with Gasteiger partial charge in [0.2, 0.25) is 0 Å². The quantitative estimate of drug-likeness (QED) is 0.786. The minimum atomic E-state index is 0.586. The van der Waals surface area contributed by atoms with E-state index in [0.717, 1.165) is 0 Å². The Kier molecular flexibility index (Phi) is 2.84. The Hall–Kier alpha value is -1.60. The van der Waals surface area contributed by atoms with Crippen LogP contribution in [0.1, 0.15) is 11.1 Å². The van der Waals surface area contributed by atoms with Crippen LogP contribution in [0.15, 0.2) is 42.5 Å². The number of rotatable bonds is 2. The summed E-state index contributed by atoms with van der Waals surface area (Å²) in [5.74, 6) is 0. The molecule has 0 aliphatic carbocycles. The second-order valence-corrected chi connectivity index (χ2v) is 3.66. The Labute approximate surface area is 90.2 Å². The molecule has 2 aromatic carbocycles. The van der Waals surface area contributed by atoms with Crippen molar-refractivity contribution in [3.8, 4) is 0 Å². The molecule has 0 fully saturated rings. The zero-order chi connectivity index (χ0) is 10.7. The molecule has 0 atom stereocenters. The van der Waals surface area contributed by atoms with Gasteiger partial charge in [-0.3, -0.25) is 0 Å². The third kappa shape index (κ3) is 1.92. The van der Waals surface area contributed by atoms with Crippen LogP contribution in [0.4, 0.5) is 0 Å². The van der Waals surface area contributed by atoms with E-state index < -0.39 is 0 Å². The first kappa shape index (κ1) is 9.94. The van der Waals surface area contributed by atoms with Crippen LogP contribution in [-0.4, -0.2) is 6.54 Å². The van der Waals surface area contributed by atoms with Crippen molar-refractivity contribution >= 4 is 16.8 Å². The van der Waals surface area contributed by atoms with Crippen LogP contribution in [0.2, 0.25) is 0 Å². The predicted molar refractivity (Wildman–Crippen MR) is 66.8 cm³/mol. The van der Waals surface area contributed by atoms with Crippen molar-refractivity contribution in [2.75, 3.05) is 6.54 Å². The highest BCUT2D eigenvalue weighted by atomic mass is 14.5. The summed E-state index contributed by atoms with van der Waals surface area (Å²) in [6, 6.07) is 12.7. The van der Waals surface area contributed by atoms with Gasteiger partial charge in [0.05, 0.1) is 0 Å². The van der Waals surface area contributed by atoms with Crippen molar-refractivity contribution in [2.24, 2.45) is 5.73 Å². The largest absolute Gasteiger partial charge is 0.327 e. The maximum atomic E-state index is 5.48. The van der Waals surface area contributed by atoms with Gasteiger partial charge in [-0.2, -0.15) is 0 Å². The van der Waals surface area contributed by atoms with E-state index in [-0.39, 0.29) is 0 Å². The lowest BCUT2D eigenvalue weighted by Gasteiger charge is -2.05. The number of aryl methyl sites for hydroxylation is 1. The van der Waals surface area contributed by atoms with Crippen LogP contribution in [-0.2, 0) is 0 Å². The molecule has 0 radical (unpaired) electrons. The van der Waals surface area contributed by atoms with Crippen molar-refractivity contribution in [3.63, 3.8) is 0 Å². The van der Waals surface area contributed by atoms with Gasteiger partial charge in [0.25, 0.3) is 0 Å². The van der Waals surface area contributed by atoms with Gasteiger partial charge in [-0.15, -0.1) is 0 Å². The number of hydrogen-bond acceptors (Lipinski definition) is 1. The van der Waals surface area contributed by atoms with E-state index in [9.17, 15) is 0 Å². The summed E-state index contributed by atoms with van der Waals surface area (Å²) < 4.78 is 0. The third-order valence-corrected chi connectivity index (χ3v) is 2.61. The average Bonchev–Trinajstić information content (AvgIpc) is 2.28. The Morgan fingerprint density at radius 3 is 2.73 bits per heavy atom. The maximum Gasteiger partial charge on any atom is 0.0110 e. The van der Waals surface area contributed by atoms with Crippen molar-refractivity contribution in [3.05, 3.63) is 53.6 Å². The Bertz CT molecular complexity index is 498. The lowest BCUT2D eigenvalue weighted by molar-refractivity contribution is 1.26. The molecule has 76 valence electrons. The molecule has 0 aliphatic rings. The smallest absolute Gasteiger partial charge is 0.0110 e. The highest BCUT2D eigenvalue weighted by molar-refractivity contribution is 5.91. The first-order valence-electron chi connectivity index (χ1n) is 5.18. The summed E-state index contributed by atoms with van der Waals surface area (Å²) in [6.45, 7) is 2.71. The Morgan fingerprint density at radius 1 is 1.13 bits per heavy atom.